The van der Waals surface area contributed by atoms with Gasteiger partial charge < -0.3 is 5.32 Å². The van der Waals surface area contributed by atoms with Crippen LogP contribution in [0.3, 0.4) is 0 Å². The minimum atomic E-state index is -0.335. The maximum Gasteiger partial charge on any atom is 0.263 e. The fourth-order valence-corrected chi connectivity index (χ4v) is 4.37. The lowest BCUT2D eigenvalue weighted by Gasteiger charge is -2.22. The summed E-state index contributed by atoms with van der Waals surface area (Å²) in [4.78, 5) is 30.8. The SMILES string of the molecule is [C-]#[N+]c1cnc(C)nc1N[C@@H](C)c1cc2cccc(-c3cc(C)ccn3)c2c(=O)n1-c1ccccc1. The number of fused-ring (bicyclic) bond motifs is 1. The number of pyridine rings is 2. The number of aromatic nitrogens is 4. The van der Waals surface area contributed by atoms with Gasteiger partial charge in [0, 0.05) is 29.3 Å². The van der Waals surface area contributed by atoms with Crippen LogP contribution in [0.2, 0.25) is 0 Å². The van der Waals surface area contributed by atoms with Crippen LogP contribution >= 0.6 is 0 Å². The van der Waals surface area contributed by atoms with E-state index in [0.717, 1.165) is 33.6 Å². The number of aryl methyl sites for hydroxylation is 2. The maximum atomic E-state index is 14.2. The number of anilines is 1. The van der Waals surface area contributed by atoms with Crippen LogP contribution in [0.15, 0.2) is 83.9 Å². The molecule has 0 aliphatic carbocycles. The van der Waals surface area contributed by atoms with Crippen LogP contribution in [-0.4, -0.2) is 19.5 Å². The van der Waals surface area contributed by atoms with Gasteiger partial charge >= 0.3 is 0 Å². The van der Waals surface area contributed by atoms with E-state index >= 15 is 0 Å². The van der Waals surface area contributed by atoms with E-state index in [9.17, 15) is 4.79 Å². The van der Waals surface area contributed by atoms with E-state index in [1.54, 1.807) is 17.7 Å². The summed E-state index contributed by atoms with van der Waals surface area (Å²) in [6.07, 6.45) is 3.27. The standard InChI is InChI=1S/C29H24N6O/c1-18-13-14-31-24(15-18)23-12-8-9-21-16-26(19(2)33-28-25(30-4)17-32-20(3)34-28)35(29(36)27(21)23)22-10-6-5-7-11-22/h5-17,19H,1-3H3,(H,32,33,34)/t19-/m0/s1. The molecule has 2 aromatic carbocycles. The van der Waals surface area contributed by atoms with Gasteiger partial charge in [0.25, 0.3) is 5.56 Å². The third-order valence-electron chi connectivity index (χ3n) is 6.09. The average molecular weight is 473 g/mol. The van der Waals surface area contributed by atoms with E-state index in [-0.39, 0.29) is 11.6 Å². The van der Waals surface area contributed by atoms with Gasteiger partial charge in [0.05, 0.1) is 23.7 Å². The van der Waals surface area contributed by atoms with Crippen LogP contribution in [0.1, 0.15) is 30.0 Å². The molecule has 36 heavy (non-hydrogen) atoms. The number of hydrogen-bond acceptors (Lipinski definition) is 5. The Morgan fingerprint density at radius 2 is 1.81 bits per heavy atom. The predicted octanol–water partition coefficient (Wildman–Crippen LogP) is 6.18. The first kappa shape index (κ1) is 22.9. The molecule has 5 rings (SSSR count). The lowest BCUT2D eigenvalue weighted by molar-refractivity contribution is 0.772. The molecular formula is C29H24N6O. The van der Waals surface area contributed by atoms with Crippen molar-refractivity contribution in [2.75, 3.05) is 5.32 Å². The zero-order chi connectivity index (χ0) is 25.2. The van der Waals surface area contributed by atoms with Crippen LogP contribution in [0.5, 0.6) is 0 Å². The number of hydrogen-bond donors (Lipinski definition) is 1. The molecule has 176 valence electrons. The van der Waals surface area contributed by atoms with E-state index in [0.29, 0.717) is 22.7 Å². The minimum absolute atomic E-state index is 0.134. The maximum absolute atomic E-state index is 14.2. The molecule has 1 N–H and O–H groups in total. The van der Waals surface area contributed by atoms with Crippen LogP contribution in [0.4, 0.5) is 11.5 Å². The van der Waals surface area contributed by atoms with Crippen molar-refractivity contribution in [3.63, 3.8) is 0 Å². The number of rotatable bonds is 5. The molecular weight excluding hydrogens is 448 g/mol. The first-order chi connectivity index (χ1) is 17.5. The van der Waals surface area contributed by atoms with E-state index in [2.05, 4.69) is 25.1 Å². The van der Waals surface area contributed by atoms with Crippen molar-refractivity contribution in [2.45, 2.75) is 26.8 Å². The van der Waals surface area contributed by atoms with E-state index < -0.39 is 0 Å². The first-order valence-corrected chi connectivity index (χ1v) is 11.6. The van der Waals surface area contributed by atoms with E-state index in [4.69, 9.17) is 6.57 Å². The highest BCUT2D eigenvalue weighted by atomic mass is 16.1. The Kier molecular flexibility index (Phi) is 6.01. The Morgan fingerprint density at radius 1 is 1.00 bits per heavy atom. The largest absolute Gasteiger partial charge is 0.371 e. The zero-order valence-corrected chi connectivity index (χ0v) is 20.2. The molecule has 1 atom stereocenters. The Morgan fingerprint density at radius 3 is 2.56 bits per heavy atom. The van der Waals surface area contributed by atoms with Crippen molar-refractivity contribution in [1.82, 2.24) is 19.5 Å². The van der Waals surface area contributed by atoms with Crippen LogP contribution in [-0.2, 0) is 0 Å². The van der Waals surface area contributed by atoms with Crippen molar-refractivity contribution in [1.29, 1.82) is 0 Å². The van der Waals surface area contributed by atoms with Crippen molar-refractivity contribution >= 4 is 22.3 Å². The second-order valence-electron chi connectivity index (χ2n) is 8.66. The summed E-state index contributed by atoms with van der Waals surface area (Å²) in [6, 6.07) is 21.0. The Balaban J connectivity index is 1.75. The second kappa shape index (κ2) is 9.43. The predicted molar refractivity (Wildman–Crippen MR) is 143 cm³/mol. The van der Waals surface area contributed by atoms with Crippen molar-refractivity contribution in [3.8, 4) is 16.9 Å². The van der Waals surface area contributed by atoms with E-state index in [1.165, 1.54) is 6.20 Å². The molecule has 0 fully saturated rings. The normalized spacial score (nSPS) is 11.7. The van der Waals surface area contributed by atoms with Gasteiger partial charge in [-0.1, -0.05) is 36.4 Å². The lowest BCUT2D eigenvalue weighted by atomic mass is 10.00. The Bertz CT molecular complexity index is 1680. The van der Waals surface area contributed by atoms with Gasteiger partial charge in [0.15, 0.2) is 0 Å². The summed E-state index contributed by atoms with van der Waals surface area (Å²) in [5.74, 6) is 1.00. The molecule has 0 unspecified atom stereocenters. The van der Waals surface area contributed by atoms with Crippen LogP contribution in [0.25, 0.3) is 32.6 Å². The van der Waals surface area contributed by atoms with Crippen LogP contribution < -0.4 is 10.9 Å². The molecule has 0 saturated heterocycles. The smallest absolute Gasteiger partial charge is 0.263 e. The van der Waals surface area contributed by atoms with Crippen molar-refractivity contribution in [3.05, 3.63) is 118 Å². The molecule has 0 saturated carbocycles. The molecule has 3 aromatic heterocycles. The summed E-state index contributed by atoms with van der Waals surface area (Å²) in [5.41, 5.74) is 4.32. The lowest BCUT2D eigenvalue weighted by Crippen LogP contribution is -2.26. The van der Waals surface area contributed by atoms with Gasteiger partial charge in [-0.2, -0.15) is 0 Å². The third-order valence-corrected chi connectivity index (χ3v) is 6.09. The minimum Gasteiger partial charge on any atom is -0.371 e. The molecule has 0 amide bonds. The summed E-state index contributed by atoms with van der Waals surface area (Å²) < 4.78 is 1.73. The third kappa shape index (κ3) is 4.21. The summed E-state index contributed by atoms with van der Waals surface area (Å²) >= 11 is 0. The first-order valence-electron chi connectivity index (χ1n) is 11.6. The summed E-state index contributed by atoms with van der Waals surface area (Å²) in [6.45, 7) is 13.2. The highest BCUT2D eigenvalue weighted by Gasteiger charge is 2.20. The number of benzene rings is 2. The Hall–Kier alpha value is -4.83. The van der Waals surface area contributed by atoms with Crippen molar-refractivity contribution < 1.29 is 0 Å². The van der Waals surface area contributed by atoms with Gasteiger partial charge in [-0.25, -0.2) is 9.83 Å². The molecule has 0 bridgehead atoms. The fraction of sp³-hybridized carbons (Fsp3) is 0.138. The quantitative estimate of drug-likeness (QED) is 0.309. The van der Waals surface area contributed by atoms with E-state index in [1.807, 2.05) is 80.6 Å². The molecule has 0 spiro atoms. The molecule has 7 nitrogen and oxygen atoms in total. The van der Waals surface area contributed by atoms with Gasteiger partial charge in [0.1, 0.15) is 11.6 Å². The van der Waals surface area contributed by atoms with Gasteiger partial charge in [0.2, 0.25) is 5.69 Å². The molecule has 3 heterocycles. The summed E-state index contributed by atoms with van der Waals surface area (Å²) in [7, 11) is 0. The highest BCUT2D eigenvalue weighted by molar-refractivity contribution is 5.95. The topological polar surface area (TPSA) is 77.1 Å². The molecule has 0 radical (unpaired) electrons. The fourth-order valence-electron chi connectivity index (χ4n) is 4.37. The number of para-hydroxylation sites is 1. The van der Waals surface area contributed by atoms with Gasteiger partial charge in [-0.05, 0) is 62.1 Å². The molecule has 7 heteroatoms. The monoisotopic (exact) mass is 472 g/mol. The molecule has 0 aliphatic rings. The van der Waals surface area contributed by atoms with Crippen molar-refractivity contribution in [2.24, 2.45) is 0 Å². The number of nitrogens with zero attached hydrogens (tertiary/aromatic N) is 5. The van der Waals surface area contributed by atoms with Gasteiger partial charge in [-0.15, -0.1) is 0 Å². The number of nitrogens with one attached hydrogen (secondary N) is 1. The molecule has 5 aromatic rings. The highest BCUT2D eigenvalue weighted by Crippen LogP contribution is 2.31. The second-order valence-corrected chi connectivity index (χ2v) is 8.66. The Labute approximate surface area is 209 Å². The zero-order valence-electron chi connectivity index (χ0n) is 20.2. The summed E-state index contributed by atoms with van der Waals surface area (Å²) in [5, 5.41) is 4.76. The van der Waals surface area contributed by atoms with Crippen LogP contribution in [0, 0.1) is 20.4 Å². The average Bonchev–Trinajstić information content (AvgIpc) is 2.89. The molecule has 0 aliphatic heterocycles. The van der Waals surface area contributed by atoms with Gasteiger partial charge in [-0.3, -0.25) is 19.3 Å².